The van der Waals surface area contributed by atoms with Gasteiger partial charge in [0, 0.05) is 0 Å². The Kier molecular flexibility index (Phi) is 5.57. The van der Waals surface area contributed by atoms with Gasteiger partial charge in [0.05, 0.1) is 17.0 Å². The van der Waals surface area contributed by atoms with E-state index >= 15 is 0 Å². The van der Waals surface area contributed by atoms with E-state index in [1.807, 2.05) is 11.4 Å². The standard InChI is InChI=1S/C16H14N2O3S/c17-15(19)12-6-1-2-7-13(12)21-10-4-3-9-18-16(20)14-8-5-11-22-14/h1-2,5-8,11H,9-10H2,(H2,17,19)(H,18,20). The lowest BCUT2D eigenvalue weighted by atomic mass is 10.2. The number of thiophene rings is 1. The molecular formula is C16H14N2O3S. The third kappa shape index (κ3) is 4.36. The van der Waals surface area contributed by atoms with Gasteiger partial charge in [-0.2, -0.15) is 0 Å². The van der Waals surface area contributed by atoms with Gasteiger partial charge >= 0.3 is 0 Å². The summed E-state index contributed by atoms with van der Waals surface area (Å²) >= 11 is 1.37. The number of amides is 2. The summed E-state index contributed by atoms with van der Waals surface area (Å²) in [4.78, 5) is 23.5. The zero-order valence-electron chi connectivity index (χ0n) is 11.7. The van der Waals surface area contributed by atoms with Crippen molar-refractivity contribution >= 4 is 23.2 Å². The fourth-order valence-corrected chi connectivity index (χ4v) is 2.28. The Morgan fingerprint density at radius 2 is 2.00 bits per heavy atom. The number of carbonyl (C=O) groups excluding carboxylic acids is 2. The first kappa shape index (κ1) is 15.6. The number of benzene rings is 1. The van der Waals surface area contributed by atoms with Crippen molar-refractivity contribution < 1.29 is 14.3 Å². The van der Waals surface area contributed by atoms with Crippen LogP contribution in [0.25, 0.3) is 0 Å². The van der Waals surface area contributed by atoms with Gasteiger partial charge in [0.15, 0.2) is 0 Å². The second kappa shape index (κ2) is 7.86. The summed E-state index contributed by atoms with van der Waals surface area (Å²) in [5, 5.41) is 4.52. The molecule has 0 atom stereocenters. The van der Waals surface area contributed by atoms with Gasteiger partial charge in [-0.05, 0) is 23.6 Å². The molecule has 0 saturated heterocycles. The van der Waals surface area contributed by atoms with Crippen molar-refractivity contribution in [1.82, 2.24) is 5.32 Å². The first-order valence-electron chi connectivity index (χ1n) is 6.47. The summed E-state index contributed by atoms with van der Waals surface area (Å²) < 4.78 is 5.39. The van der Waals surface area contributed by atoms with E-state index in [4.69, 9.17) is 10.5 Å². The highest BCUT2D eigenvalue weighted by Crippen LogP contribution is 2.16. The van der Waals surface area contributed by atoms with E-state index in [2.05, 4.69) is 17.2 Å². The van der Waals surface area contributed by atoms with Crippen LogP contribution in [0.2, 0.25) is 0 Å². The highest BCUT2D eigenvalue weighted by molar-refractivity contribution is 7.12. The Morgan fingerprint density at radius 3 is 2.73 bits per heavy atom. The smallest absolute Gasteiger partial charge is 0.262 e. The molecule has 2 aromatic rings. The molecule has 5 nitrogen and oxygen atoms in total. The summed E-state index contributed by atoms with van der Waals surface area (Å²) in [5.41, 5.74) is 5.56. The van der Waals surface area contributed by atoms with Crippen LogP contribution in [0, 0.1) is 11.8 Å². The zero-order valence-corrected chi connectivity index (χ0v) is 12.5. The molecule has 1 aromatic heterocycles. The Morgan fingerprint density at radius 1 is 1.18 bits per heavy atom. The van der Waals surface area contributed by atoms with Crippen LogP contribution in [0.4, 0.5) is 0 Å². The number of nitrogens with one attached hydrogen (secondary N) is 1. The average molecular weight is 314 g/mol. The molecule has 0 radical (unpaired) electrons. The van der Waals surface area contributed by atoms with Crippen LogP contribution in [-0.2, 0) is 0 Å². The summed E-state index contributed by atoms with van der Waals surface area (Å²) in [6.45, 7) is 0.344. The molecule has 0 aliphatic carbocycles. The Hall–Kier alpha value is -2.78. The van der Waals surface area contributed by atoms with Gasteiger partial charge in [-0.15, -0.1) is 11.3 Å². The minimum absolute atomic E-state index is 0.110. The molecule has 0 aliphatic rings. The van der Waals surface area contributed by atoms with E-state index in [1.165, 1.54) is 11.3 Å². The number of rotatable bonds is 5. The first-order valence-corrected chi connectivity index (χ1v) is 7.35. The van der Waals surface area contributed by atoms with E-state index in [-0.39, 0.29) is 19.1 Å². The van der Waals surface area contributed by atoms with Gasteiger partial charge in [-0.3, -0.25) is 9.59 Å². The molecule has 1 aromatic carbocycles. The van der Waals surface area contributed by atoms with Gasteiger partial charge < -0.3 is 15.8 Å². The molecule has 2 amide bonds. The van der Waals surface area contributed by atoms with Gasteiger partial charge in [0.1, 0.15) is 12.4 Å². The highest BCUT2D eigenvalue weighted by atomic mass is 32.1. The largest absolute Gasteiger partial charge is 0.480 e. The van der Waals surface area contributed by atoms with Crippen molar-refractivity contribution in [3.63, 3.8) is 0 Å². The van der Waals surface area contributed by atoms with Crippen molar-refractivity contribution in [3.05, 3.63) is 52.2 Å². The van der Waals surface area contributed by atoms with E-state index in [1.54, 1.807) is 30.3 Å². The maximum atomic E-state index is 11.6. The van der Waals surface area contributed by atoms with Crippen molar-refractivity contribution in [2.45, 2.75) is 0 Å². The number of hydrogen-bond donors (Lipinski definition) is 2. The van der Waals surface area contributed by atoms with Crippen LogP contribution >= 0.6 is 11.3 Å². The molecule has 0 unspecified atom stereocenters. The van der Waals surface area contributed by atoms with E-state index in [9.17, 15) is 9.59 Å². The van der Waals surface area contributed by atoms with Gasteiger partial charge in [-0.25, -0.2) is 0 Å². The maximum absolute atomic E-state index is 11.6. The molecule has 6 heteroatoms. The van der Waals surface area contributed by atoms with Crippen molar-refractivity contribution in [2.75, 3.05) is 13.2 Å². The normalized spacial score (nSPS) is 9.45. The summed E-state index contributed by atoms with van der Waals surface area (Å²) in [5.74, 6) is 5.24. The lowest BCUT2D eigenvalue weighted by molar-refractivity contribution is 0.0960. The predicted octanol–water partition coefficient (Wildman–Crippen LogP) is 1.66. The molecule has 3 N–H and O–H groups in total. The van der Waals surface area contributed by atoms with Crippen LogP contribution in [0.1, 0.15) is 20.0 Å². The molecule has 2 rings (SSSR count). The highest BCUT2D eigenvalue weighted by Gasteiger charge is 2.07. The van der Waals surface area contributed by atoms with E-state index in [0.29, 0.717) is 16.2 Å². The molecule has 0 spiro atoms. The Bertz CT molecular complexity index is 714. The quantitative estimate of drug-likeness (QED) is 0.824. The van der Waals surface area contributed by atoms with Gasteiger partial charge in [0.25, 0.3) is 11.8 Å². The number of ether oxygens (including phenoxy) is 1. The van der Waals surface area contributed by atoms with Crippen molar-refractivity contribution in [1.29, 1.82) is 0 Å². The average Bonchev–Trinajstić information content (AvgIpc) is 3.05. The SMILES string of the molecule is NC(=O)c1ccccc1OCC#CCNC(=O)c1cccs1. The Balaban J connectivity index is 1.78. The van der Waals surface area contributed by atoms with Gasteiger partial charge in [-0.1, -0.05) is 30.0 Å². The number of primary amides is 1. The third-order valence-corrected chi connectivity index (χ3v) is 3.53. The molecule has 1 heterocycles. The van der Waals surface area contributed by atoms with Crippen LogP contribution in [-0.4, -0.2) is 25.0 Å². The van der Waals surface area contributed by atoms with Gasteiger partial charge in [0.2, 0.25) is 0 Å². The topological polar surface area (TPSA) is 81.4 Å². The molecule has 0 fully saturated rings. The number of para-hydroxylation sites is 1. The van der Waals surface area contributed by atoms with Crippen LogP contribution < -0.4 is 15.8 Å². The first-order chi connectivity index (χ1) is 10.7. The minimum atomic E-state index is -0.549. The van der Waals surface area contributed by atoms with E-state index < -0.39 is 5.91 Å². The molecule has 0 bridgehead atoms. The monoisotopic (exact) mass is 314 g/mol. The molecule has 0 aliphatic heterocycles. The fraction of sp³-hybridized carbons (Fsp3) is 0.125. The molecular weight excluding hydrogens is 300 g/mol. The van der Waals surface area contributed by atoms with Crippen molar-refractivity contribution in [2.24, 2.45) is 5.73 Å². The minimum Gasteiger partial charge on any atom is -0.480 e. The summed E-state index contributed by atoms with van der Waals surface area (Å²) in [6.07, 6.45) is 0. The number of nitrogens with two attached hydrogens (primary N) is 1. The Labute approximate surface area is 132 Å². The number of hydrogen-bond acceptors (Lipinski definition) is 4. The molecule has 112 valence electrons. The summed E-state index contributed by atoms with van der Waals surface area (Å²) in [6, 6.07) is 10.3. The predicted molar refractivity (Wildman–Crippen MR) is 84.9 cm³/mol. The zero-order chi connectivity index (χ0) is 15.8. The maximum Gasteiger partial charge on any atom is 0.262 e. The lowest BCUT2D eigenvalue weighted by Crippen LogP contribution is -2.22. The lowest BCUT2D eigenvalue weighted by Gasteiger charge is -2.05. The van der Waals surface area contributed by atoms with E-state index in [0.717, 1.165) is 0 Å². The summed E-state index contributed by atoms with van der Waals surface area (Å²) in [7, 11) is 0. The fourth-order valence-electron chi connectivity index (χ4n) is 1.64. The molecule has 22 heavy (non-hydrogen) atoms. The molecule has 0 saturated carbocycles. The van der Waals surface area contributed by atoms with Crippen LogP contribution in [0.5, 0.6) is 5.75 Å². The second-order valence-electron chi connectivity index (χ2n) is 4.16. The van der Waals surface area contributed by atoms with Crippen LogP contribution in [0.15, 0.2) is 41.8 Å². The second-order valence-corrected chi connectivity index (χ2v) is 5.11. The third-order valence-electron chi connectivity index (χ3n) is 2.66. The van der Waals surface area contributed by atoms with Crippen LogP contribution in [0.3, 0.4) is 0 Å². The number of carbonyl (C=O) groups is 2. The van der Waals surface area contributed by atoms with Crippen molar-refractivity contribution in [3.8, 4) is 17.6 Å².